The lowest BCUT2D eigenvalue weighted by Gasteiger charge is -2.05. The fourth-order valence-corrected chi connectivity index (χ4v) is 2.35. The average molecular weight is 271 g/mol. The molecule has 0 aliphatic rings. The van der Waals surface area contributed by atoms with E-state index in [2.05, 4.69) is 9.97 Å². The van der Waals surface area contributed by atoms with E-state index >= 15 is 0 Å². The monoisotopic (exact) mass is 271 g/mol. The van der Waals surface area contributed by atoms with Crippen molar-refractivity contribution in [2.75, 3.05) is 5.75 Å². The molecule has 1 heterocycles. The van der Waals surface area contributed by atoms with Crippen molar-refractivity contribution in [1.29, 1.82) is 5.26 Å². The third kappa shape index (κ3) is 3.24. The van der Waals surface area contributed by atoms with Crippen LogP contribution in [0, 0.1) is 11.3 Å². The fraction of sp³-hybridized carbons (Fsp3) is 0.214. The largest absolute Gasteiger partial charge is 0.300 e. The van der Waals surface area contributed by atoms with Crippen LogP contribution in [0.15, 0.2) is 40.3 Å². The zero-order chi connectivity index (χ0) is 13.7. The molecule has 19 heavy (non-hydrogen) atoms. The first kappa shape index (κ1) is 13.4. The number of nitrogens with one attached hydrogen (secondary N) is 1. The first-order valence-electron chi connectivity index (χ1n) is 5.94. The van der Waals surface area contributed by atoms with Gasteiger partial charge in [-0.3, -0.25) is 4.79 Å². The number of H-pyrrole nitrogens is 1. The highest BCUT2D eigenvalue weighted by molar-refractivity contribution is 7.99. The van der Waals surface area contributed by atoms with Crippen molar-refractivity contribution in [3.05, 3.63) is 57.5 Å². The van der Waals surface area contributed by atoms with Gasteiger partial charge in [-0.05, 0) is 11.3 Å². The molecule has 0 aliphatic heterocycles. The summed E-state index contributed by atoms with van der Waals surface area (Å²) in [7, 11) is 0. The molecule has 2 rings (SSSR count). The number of thioether (sulfide) groups is 1. The highest BCUT2D eigenvalue weighted by Crippen LogP contribution is 2.14. The van der Waals surface area contributed by atoms with Gasteiger partial charge in [-0.1, -0.05) is 49.0 Å². The van der Waals surface area contributed by atoms with Crippen molar-refractivity contribution in [3.8, 4) is 6.07 Å². The first-order chi connectivity index (χ1) is 9.24. The third-order valence-electron chi connectivity index (χ3n) is 2.58. The Balaban J connectivity index is 2.43. The van der Waals surface area contributed by atoms with E-state index in [-0.39, 0.29) is 11.1 Å². The quantitative estimate of drug-likeness (QED) is 0.684. The van der Waals surface area contributed by atoms with Gasteiger partial charge in [0.2, 0.25) is 0 Å². The molecule has 4 nitrogen and oxygen atoms in total. The van der Waals surface area contributed by atoms with Crippen molar-refractivity contribution < 1.29 is 0 Å². The maximum Gasteiger partial charge on any atom is 0.269 e. The maximum atomic E-state index is 11.8. The number of hydrogen-bond acceptors (Lipinski definition) is 4. The van der Waals surface area contributed by atoms with Crippen LogP contribution >= 0.6 is 11.8 Å². The zero-order valence-corrected chi connectivity index (χ0v) is 11.3. The molecule has 0 saturated carbocycles. The molecule has 0 spiro atoms. The molecule has 0 radical (unpaired) electrons. The number of aromatic nitrogens is 2. The first-order valence-corrected chi connectivity index (χ1v) is 6.93. The van der Waals surface area contributed by atoms with E-state index in [0.717, 1.165) is 11.3 Å². The van der Waals surface area contributed by atoms with E-state index in [0.29, 0.717) is 17.3 Å². The lowest BCUT2D eigenvalue weighted by Crippen LogP contribution is -2.17. The molecule has 0 bridgehead atoms. The maximum absolute atomic E-state index is 11.8. The minimum atomic E-state index is -0.362. The molecular formula is C14H13N3OS. The van der Waals surface area contributed by atoms with Crippen LogP contribution in [0.2, 0.25) is 0 Å². The number of nitrogens with zero attached hydrogens (tertiary/aromatic N) is 2. The Hall–Kier alpha value is -2.06. The second-order valence-electron chi connectivity index (χ2n) is 3.90. The summed E-state index contributed by atoms with van der Waals surface area (Å²) < 4.78 is 0. The predicted octanol–water partition coefficient (Wildman–Crippen LogP) is 2.34. The van der Waals surface area contributed by atoms with Gasteiger partial charge in [0.05, 0.1) is 5.69 Å². The van der Waals surface area contributed by atoms with Gasteiger partial charge >= 0.3 is 0 Å². The van der Waals surface area contributed by atoms with Crippen molar-refractivity contribution in [3.63, 3.8) is 0 Å². The molecule has 0 aliphatic carbocycles. The predicted molar refractivity (Wildman–Crippen MR) is 75.2 cm³/mol. The molecule has 1 N–H and O–H groups in total. The van der Waals surface area contributed by atoms with Crippen LogP contribution in [-0.2, 0) is 6.42 Å². The van der Waals surface area contributed by atoms with E-state index < -0.39 is 0 Å². The highest BCUT2D eigenvalue weighted by Gasteiger charge is 2.11. The molecule has 0 amide bonds. The standard InChI is InChI=1S/C14H13N3OS/c1-2-19-14-16-12(11(9-15)13(18)17-14)8-10-6-4-3-5-7-10/h3-7H,2,8H2,1H3,(H,16,17,18). The number of rotatable bonds is 4. The van der Waals surface area contributed by atoms with Crippen LogP contribution in [0.3, 0.4) is 0 Å². The minimum Gasteiger partial charge on any atom is -0.300 e. The molecule has 96 valence electrons. The van der Waals surface area contributed by atoms with Crippen LogP contribution < -0.4 is 5.56 Å². The van der Waals surface area contributed by atoms with Crippen LogP contribution in [0.5, 0.6) is 0 Å². The third-order valence-corrected chi connectivity index (χ3v) is 3.34. The molecular weight excluding hydrogens is 258 g/mol. The Bertz CT molecular complexity index is 659. The van der Waals surface area contributed by atoms with Crippen LogP contribution in [-0.4, -0.2) is 15.7 Å². The van der Waals surface area contributed by atoms with E-state index in [1.165, 1.54) is 11.8 Å². The smallest absolute Gasteiger partial charge is 0.269 e. The van der Waals surface area contributed by atoms with Gasteiger partial charge in [-0.2, -0.15) is 5.26 Å². The van der Waals surface area contributed by atoms with Gasteiger partial charge in [0.1, 0.15) is 11.6 Å². The molecule has 2 aromatic rings. The Kier molecular flexibility index (Phi) is 4.37. The second kappa shape index (κ2) is 6.21. The summed E-state index contributed by atoms with van der Waals surface area (Å²) in [6.45, 7) is 1.99. The van der Waals surface area contributed by atoms with Crippen LogP contribution in [0.1, 0.15) is 23.7 Å². The SMILES string of the molecule is CCSc1nc(Cc2ccccc2)c(C#N)c(=O)[nH]1. The molecule has 0 unspecified atom stereocenters. The normalized spacial score (nSPS) is 10.1. The average Bonchev–Trinajstić information content (AvgIpc) is 2.40. The lowest BCUT2D eigenvalue weighted by atomic mass is 10.1. The van der Waals surface area contributed by atoms with Gasteiger partial charge in [0.25, 0.3) is 5.56 Å². The summed E-state index contributed by atoms with van der Waals surface area (Å²) in [5, 5.41) is 9.65. The Morgan fingerprint density at radius 1 is 1.37 bits per heavy atom. The molecule has 1 aromatic heterocycles. The van der Waals surface area contributed by atoms with E-state index in [1.807, 2.05) is 43.3 Å². The Morgan fingerprint density at radius 3 is 2.74 bits per heavy atom. The second-order valence-corrected chi connectivity index (χ2v) is 5.15. The van der Waals surface area contributed by atoms with Gasteiger partial charge in [0.15, 0.2) is 5.16 Å². The summed E-state index contributed by atoms with van der Waals surface area (Å²) in [6.07, 6.45) is 0.491. The molecule has 0 atom stereocenters. The number of hydrogen-bond donors (Lipinski definition) is 1. The molecule has 1 aromatic carbocycles. The summed E-state index contributed by atoms with van der Waals surface area (Å²) in [5.74, 6) is 0.819. The Morgan fingerprint density at radius 2 is 2.11 bits per heavy atom. The summed E-state index contributed by atoms with van der Waals surface area (Å²) >= 11 is 1.46. The van der Waals surface area contributed by atoms with Gasteiger partial charge in [-0.25, -0.2) is 4.98 Å². The van der Waals surface area contributed by atoms with Gasteiger partial charge in [0, 0.05) is 6.42 Å². The molecule has 5 heteroatoms. The van der Waals surface area contributed by atoms with E-state index in [9.17, 15) is 4.79 Å². The van der Waals surface area contributed by atoms with E-state index in [1.54, 1.807) is 0 Å². The van der Waals surface area contributed by atoms with Crippen molar-refractivity contribution in [2.24, 2.45) is 0 Å². The highest BCUT2D eigenvalue weighted by atomic mass is 32.2. The van der Waals surface area contributed by atoms with Crippen molar-refractivity contribution in [2.45, 2.75) is 18.5 Å². The van der Waals surface area contributed by atoms with Crippen LogP contribution in [0.4, 0.5) is 0 Å². The Labute approximate surface area is 115 Å². The number of benzene rings is 1. The zero-order valence-electron chi connectivity index (χ0n) is 10.5. The minimum absolute atomic E-state index is 0.101. The van der Waals surface area contributed by atoms with Gasteiger partial charge < -0.3 is 4.98 Å². The van der Waals surface area contributed by atoms with E-state index in [4.69, 9.17) is 5.26 Å². The summed E-state index contributed by atoms with van der Waals surface area (Å²) in [6, 6.07) is 11.6. The van der Waals surface area contributed by atoms with Crippen molar-refractivity contribution in [1.82, 2.24) is 9.97 Å². The van der Waals surface area contributed by atoms with Crippen molar-refractivity contribution >= 4 is 11.8 Å². The summed E-state index contributed by atoms with van der Waals surface area (Å²) in [5.41, 5.74) is 1.31. The van der Waals surface area contributed by atoms with Gasteiger partial charge in [-0.15, -0.1) is 0 Å². The molecule has 0 fully saturated rings. The fourth-order valence-electron chi connectivity index (χ4n) is 1.73. The topological polar surface area (TPSA) is 69.5 Å². The number of aromatic amines is 1. The molecule has 0 saturated heterocycles. The summed E-state index contributed by atoms with van der Waals surface area (Å²) in [4.78, 5) is 18.8. The van der Waals surface area contributed by atoms with Crippen LogP contribution in [0.25, 0.3) is 0 Å². The lowest BCUT2D eigenvalue weighted by molar-refractivity contribution is 0.871. The number of nitriles is 1.